The van der Waals surface area contributed by atoms with Crippen LogP contribution in [0, 0.1) is 11.8 Å². The van der Waals surface area contributed by atoms with Crippen LogP contribution in [0.1, 0.15) is 114 Å². The summed E-state index contributed by atoms with van der Waals surface area (Å²) in [6, 6.07) is 14.0. The van der Waals surface area contributed by atoms with E-state index in [2.05, 4.69) is 27.7 Å². The van der Waals surface area contributed by atoms with Crippen molar-refractivity contribution in [3.8, 4) is 11.5 Å². The maximum absolute atomic E-state index is 12.7. The monoisotopic (exact) mass is 554 g/mol. The molecular formula is C34H50O6. The van der Waals surface area contributed by atoms with Gasteiger partial charge in [0.15, 0.2) is 0 Å². The first-order valence-electron chi connectivity index (χ1n) is 15.2. The summed E-state index contributed by atoms with van der Waals surface area (Å²) in [5.74, 6) is 1.61. The normalized spacial score (nSPS) is 14.1. The quantitative estimate of drug-likeness (QED) is 0.162. The summed E-state index contributed by atoms with van der Waals surface area (Å²) in [7, 11) is 0. The predicted molar refractivity (Wildman–Crippen MR) is 160 cm³/mol. The number of carbonyl (C=O) groups excluding carboxylic acids is 2. The van der Waals surface area contributed by atoms with E-state index in [1.54, 1.807) is 62.4 Å². The molecule has 0 aliphatic carbocycles. The van der Waals surface area contributed by atoms with E-state index in [9.17, 15) is 9.59 Å². The summed E-state index contributed by atoms with van der Waals surface area (Å²) in [5.41, 5.74) is 0.845. The average Bonchev–Trinajstić information content (AvgIpc) is 2.97. The molecule has 4 unspecified atom stereocenters. The van der Waals surface area contributed by atoms with Crippen LogP contribution < -0.4 is 9.47 Å². The highest BCUT2D eigenvalue weighted by Crippen LogP contribution is 2.20. The molecule has 0 aromatic heterocycles. The van der Waals surface area contributed by atoms with Crippen molar-refractivity contribution in [2.24, 2.45) is 11.8 Å². The Kier molecular flexibility index (Phi) is 15.2. The number of esters is 2. The Hall–Kier alpha value is -3.02. The number of unbranched alkanes of at least 4 members (excludes halogenated alkanes) is 2. The summed E-state index contributed by atoms with van der Waals surface area (Å²) in [4.78, 5) is 25.3. The summed E-state index contributed by atoms with van der Waals surface area (Å²) >= 11 is 0. The predicted octanol–water partition coefficient (Wildman–Crippen LogP) is 8.67. The van der Waals surface area contributed by atoms with Crippen LogP contribution in [0.3, 0.4) is 0 Å². The van der Waals surface area contributed by atoms with Gasteiger partial charge in [0.25, 0.3) is 0 Å². The SMILES string of the molecule is CCCCC(CC)COc1ccc(C(=O)OC(C)C(C)OC(=O)c2ccc(OCC(CC)CCCC)cc2)cc1. The van der Waals surface area contributed by atoms with Gasteiger partial charge in [0.05, 0.1) is 24.3 Å². The minimum Gasteiger partial charge on any atom is -0.493 e. The van der Waals surface area contributed by atoms with Crippen LogP contribution in [-0.4, -0.2) is 37.4 Å². The van der Waals surface area contributed by atoms with Gasteiger partial charge >= 0.3 is 11.9 Å². The van der Waals surface area contributed by atoms with E-state index < -0.39 is 24.1 Å². The molecular weight excluding hydrogens is 504 g/mol. The lowest BCUT2D eigenvalue weighted by molar-refractivity contribution is -0.0239. The van der Waals surface area contributed by atoms with Gasteiger partial charge in [0.1, 0.15) is 23.7 Å². The van der Waals surface area contributed by atoms with Crippen LogP contribution in [0.5, 0.6) is 11.5 Å². The maximum Gasteiger partial charge on any atom is 0.338 e. The van der Waals surface area contributed by atoms with Gasteiger partial charge in [-0.2, -0.15) is 0 Å². The molecule has 0 fully saturated rings. The van der Waals surface area contributed by atoms with Gasteiger partial charge in [0.2, 0.25) is 0 Å². The molecule has 40 heavy (non-hydrogen) atoms. The summed E-state index contributed by atoms with van der Waals surface area (Å²) in [5, 5.41) is 0. The second-order valence-electron chi connectivity index (χ2n) is 10.7. The Morgan fingerprint density at radius 2 is 0.950 bits per heavy atom. The third-order valence-corrected chi connectivity index (χ3v) is 7.48. The zero-order valence-corrected chi connectivity index (χ0v) is 25.4. The fourth-order valence-electron chi connectivity index (χ4n) is 4.26. The molecule has 6 heteroatoms. The number of hydrogen-bond acceptors (Lipinski definition) is 6. The number of benzene rings is 2. The Balaban J connectivity index is 1.81. The van der Waals surface area contributed by atoms with Crippen molar-refractivity contribution in [2.45, 2.75) is 105 Å². The molecule has 0 amide bonds. The lowest BCUT2D eigenvalue weighted by Crippen LogP contribution is -2.30. The highest BCUT2D eigenvalue weighted by Gasteiger charge is 2.22. The van der Waals surface area contributed by atoms with Crippen LogP contribution in [0.2, 0.25) is 0 Å². The first kappa shape index (κ1) is 33.2. The zero-order valence-electron chi connectivity index (χ0n) is 25.4. The third-order valence-electron chi connectivity index (χ3n) is 7.48. The molecule has 2 aromatic carbocycles. The van der Waals surface area contributed by atoms with Crippen molar-refractivity contribution in [3.05, 3.63) is 59.7 Å². The van der Waals surface area contributed by atoms with Crippen molar-refractivity contribution in [1.82, 2.24) is 0 Å². The van der Waals surface area contributed by atoms with Crippen molar-refractivity contribution >= 4 is 11.9 Å². The van der Waals surface area contributed by atoms with Crippen molar-refractivity contribution in [2.75, 3.05) is 13.2 Å². The first-order valence-corrected chi connectivity index (χ1v) is 15.2. The van der Waals surface area contributed by atoms with E-state index in [4.69, 9.17) is 18.9 Å². The number of hydrogen-bond donors (Lipinski definition) is 0. The standard InChI is InChI=1S/C34H50O6/c1-7-11-13-27(9-3)23-37-31-19-15-29(16-20-31)33(35)39-25(5)26(6)40-34(36)30-17-21-32(22-18-30)38-24-28(10-4)14-12-8-2/h15-22,25-28H,7-14,23-24H2,1-6H3. The third kappa shape index (κ3) is 11.6. The first-order chi connectivity index (χ1) is 19.3. The fraction of sp³-hybridized carbons (Fsp3) is 0.588. The summed E-state index contributed by atoms with van der Waals surface area (Å²) in [6.07, 6.45) is 8.05. The molecule has 222 valence electrons. The van der Waals surface area contributed by atoms with Gasteiger partial charge in [-0.3, -0.25) is 0 Å². The second kappa shape index (κ2) is 18.4. The minimum absolute atomic E-state index is 0.423. The molecule has 0 heterocycles. The van der Waals surface area contributed by atoms with Gasteiger partial charge < -0.3 is 18.9 Å². The average molecular weight is 555 g/mol. The van der Waals surface area contributed by atoms with Gasteiger partial charge in [-0.25, -0.2) is 9.59 Å². The van der Waals surface area contributed by atoms with Gasteiger partial charge in [-0.15, -0.1) is 0 Å². The van der Waals surface area contributed by atoms with Crippen molar-refractivity contribution in [1.29, 1.82) is 0 Å². The molecule has 0 bridgehead atoms. The maximum atomic E-state index is 12.7. The molecule has 0 saturated carbocycles. The van der Waals surface area contributed by atoms with Crippen LogP contribution >= 0.6 is 0 Å². The lowest BCUT2D eigenvalue weighted by Gasteiger charge is -2.21. The largest absolute Gasteiger partial charge is 0.493 e. The van der Waals surface area contributed by atoms with Gasteiger partial charge in [-0.1, -0.05) is 66.2 Å². The van der Waals surface area contributed by atoms with E-state index >= 15 is 0 Å². The number of carbonyl (C=O) groups is 2. The smallest absolute Gasteiger partial charge is 0.338 e. The molecule has 2 rings (SSSR count). The van der Waals surface area contributed by atoms with Crippen molar-refractivity contribution in [3.63, 3.8) is 0 Å². The lowest BCUT2D eigenvalue weighted by atomic mass is 10.0. The molecule has 0 saturated heterocycles. The molecule has 6 nitrogen and oxygen atoms in total. The molecule has 0 spiro atoms. The molecule has 0 radical (unpaired) electrons. The molecule has 0 N–H and O–H groups in total. The van der Waals surface area contributed by atoms with Crippen LogP contribution in [0.4, 0.5) is 0 Å². The number of ether oxygens (including phenoxy) is 4. The Morgan fingerprint density at radius 1 is 0.600 bits per heavy atom. The topological polar surface area (TPSA) is 71.1 Å². The van der Waals surface area contributed by atoms with Crippen LogP contribution in [-0.2, 0) is 9.47 Å². The summed E-state index contributed by atoms with van der Waals surface area (Å²) < 4.78 is 23.0. The fourth-order valence-corrected chi connectivity index (χ4v) is 4.26. The Bertz CT molecular complexity index is 903. The van der Waals surface area contributed by atoms with E-state index in [1.807, 2.05) is 0 Å². The zero-order chi connectivity index (χ0) is 29.3. The highest BCUT2D eigenvalue weighted by atomic mass is 16.6. The molecule has 0 aliphatic heterocycles. The van der Waals surface area contributed by atoms with Crippen LogP contribution in [0.25, 0.3) is 0 Å². The second-order valence-corrected chi connectivity index (χ2v) is 10.7. The van der Waals surface area contributed by atoms with E-state index in [0.29, 0.717) is 36.2 Å². The minimum atomic E-state index is -0.618. The summed E-state index contributed by atoms with van der Waals surface area (Å²) in [6.45, 7) is 13.5. The van der Waals surface area contributed by atoms with E-state index in [0.717, 1.165) is 37.2 Å². The van der Waals surface area contributed by atoms with Crippen molar-refractivity contribution < 1.29 is 28.5 Å². The van der Waals surface area contributed by atoms with E-state index in [1.165, 1.54) is 25.7 Å². The molecule has 4 atom stereocenters. The molecule has 0 aliphatic rings. The number of rotatable bonds is 19. The highest BCUT2D eigenvalue weighted by molar-refractivity contribution is 5.90. The van der Waals surface area contributed by atoms with Crippen LogP contribution in [0.15, 0.2) is 48.5 Å². The Labute approximate surface area is 241 Å². The van der Waals surface area contributed by atoms with Gasteiger partial charge in [-0.05, 0) is 87.1 Å². The Morgan fingerprint density at radius 3 is 1.25 bits per heavy atom. The molecule has 2 aromatic rings. The van der Waals surface area contributed by atoms with Gasteiger partial charge in [0, 0.05) is 0 Å². The van der Waals surface area contributed by atoms with E-state index in [-0.39, 0.29) is 0 Å².